The third-order valence-electron chi connectivity index (χ3n) is 10.4. The van der Waals surface area contributed by atoms with Crippen LogP contribution in [-0.2, 0) is 0 Å². The molecule has 7 aromatic carbocycles. The van der Waals surface area contributed by atoms with Crippen LogP contribution in [0.3, 0.4) is 0 Å². The monoisotopic (exact) mass is 729 g/mol. The maximum Gasteiger partial charge on any atom is 0.163 e. The van der Waals surface area contributed by atoms with Crippen LogP contribution >= 0.6 is 0 Å². The van der Waals surface area contributed by atoms with Crippen LogP contribution < -0.4 is 0 Å². The Morgan fingerprint density at radius 1 is 0.368 bits per heavy atom. The molecule has 0 saturated carbocycles. The second-order valence-corrected chi connectivity index (χ2v) is 14.1. The third-order valence-corrected chi connectivity index (χ3v) is 10.4. The lowest BCUT2D eigenvalue weighted by atomic mass is 9.99. The van der Waals surface area contributed by atoms with Crippen molar-refractivity contribution in [2.45, 2.75) is 5.92 Å². The summed E-state index contributed by atoms with van der Waals surface area (Å²) in [6, 6.07) is 63.7. The lowest BCUT2D eigenvalue weighted by Gasteiger charge is -2.12. The van der Waals surface area contributed by atoms with Gasteiger partial charge < -0.3 is 0 Å². The molecule has 0 spiro atoms. The quantitative estimate of drug-likeness (QED) is 0.148. The topological polar surface area (TPSA) is 38.7 Å². The number of allylic oxidation sites excluding steroid dienone is 6. The molecule has 3 heteroatoms. The Bertz CT molecular complexity index is 2730. The fraction of sp³-hybridized carbons (Fsp3) is 0.0185. The molecule has 1 heterocycles. The summed E-state index contributed by atoms with van der Waals surface area (Å²) in [5.41, 5.74) is 14.6. The fourth-order valence-corrected chi connectivity index (χ4v) is 7.18. The molecule has 270 valence electrons. The van der Waals surface area contributed by atoms with Crippen molar-refractivity contribution < 1.29 is 0 Å². The molecule has 1 aromatic heterocycles. The molecule has 0 saturated heterocycles. The lowest BCUT2D eigenvalue weighted by Crippen LogP contribution is -2.06. The van der Waals surface area contributed by atoms with Crippen LogP contribution in [0.25, 0.3) is 78.9 Å². The summed E-state index contributed by atoms with van der Waals surface area (Å²) in [7, 11) is 0. The zero-order valence-electron chi connectivity index (χ0n) is 31.4. The van der Waals surface area contributed by atoms with E-state index in [-0.39, 0.29) is 5.92 Å². The van der Waals surface area contributed by atoms with Gasteiger partial charge in [0.1, 0.15) is 5.82 Å². The third kappa shape index (κ3) is 7.86. The summed E-state index contributed by atoms with van der Waals surface area (Å²) in [5.74, 6) is 1.83. The molecule has 0 fully saturated rings. The number of hydrogen-bond acceptors (Lipinski definition) is 3. The van der Waals surface area contributed by atoms with Crippen LogP contribution in [0.1, 0.15) is 22.9 Å². The number of benzene rings is 7. The van der Waals surface area contributed by atoms with Gasteiger partial charge in [-0.3, -0.25) is 0 Å². The minimum absolute atomic E-state index is 0.145. The van der Waals surface area contributed by atoms with E-state index >= 15 is 0 Å². The van der Waals surface area contributed by atoms with Crippen LogP contribution in [0, 0.1) is 0 Å². The first-order valence-electron chi connectivity index (χ1n) is 19.2. The van der Waals surface area contributed by atoms with E-state index < -0.39 is 0 Å². The highest BCUT2D eigenvalue weighted by molar-refractivity contribution is 5.78. The van der Waals surface area contributed by atoms with Gasteiger partial charge in [0.15, 0.2) is 11.6 Å². The summed E-state index contributed by atoms with van der Waals surface area (Å²) in [6.07, 6.45) is 12.6. The zero-order chi connectivity index (χ0) is 38.4. The Morgan fingerprint density at radius 3 is 1.16 bits per heavy atom. The molecule has 8 aromatic rings. The Hall–Kier alpha value is -7.49. The lowest BCUT2D eigenvalue weighted by molar-refractivity contribution is 0.884. The first kappa shape index (κ1) is 35.2. The number of rotatable bonds is 9. The second kappa shape index (κ2) is 16.1. The van der Waals surface area contributed by atoms with E-state index in [0.29, 0.717) is 17.5 Å². The van der Waals surface area contributed by atoms with E-state index in [2.05, 4.69) is 207 Å². The first-order valence-corrected chi connectivity index (χ1v) is 19.2. The van der Waals surface area contributed by atoms with Crippen molar-refractivity contribution in [1.82, 2.24) is 15.0 Å². The van der Waals surface area contributed by atoms with Crippen molar-refractivity contribution >= 4 is 11.6 Å². The normalized spacial score (nSPS) is 13.5. The minimum Gasteiger partial charge on any atom is -0.212 e. The molecule has 57 heavy (non-hydrogen) atoms. The maximum absolute atomic E-state index is 5.11. The van der Waals surface area contributed by atoms with E-state index in [0.717, 1.165) is 50.1 Å². The molecule has 9 rings (SSSR count). The smallest absolute Gasteiger partial charge is 0.163 e. The van der Waals surface area contributed by atoms with Crippen LogP contribution in [0.15, 0.2) is 219 Å². The molecule has 1 aliphatic rings. The van der Waals surface area contributed by atoms with Gasteiger partial charge >= 0.3 is 0 Å². The average molecular weight is 730 g/mol. The van der Waals surface area contributed by atoms with Gasteiger partial charge in [-0.25, -0.2) is 15.0 Å². The molecule has 0 amide bonds. The van der Waals surface area contributed by atoms with Crippen LogP contribution in [0.4, 0.5) is 0 Å². The molecule has 3 nitrogen and oxygen atoms in total. The van der Waals surface area contributed by atoms with Crippen LogP contribution in [0.2, 0.25) is 0 Å². The van der Waals surface area contributed by atoms with E-state index in [1.807, 2.05) is 18.2 Å². The molecule has 0 aliphatic heterocycles. The van der Waals surface area contributed by atoms with E-state index in [1.165, 1.54) is 22.3 Å². The van der Waals surface area contributed by atoms with Gasteiger partial charge in [0.25, 0.3) is 0 Å². The summed E-state index contributed by atoms with van der Waals surface area (Å²) in [4.78, 5) is 15.3. The highest BCUT2D eigenvalue weighted by Gasteiger charge is 2.17. The van der Waals surface area contributed by atoms with Crippen molar-refractivity contribution in [3.05, 3.63) is 236 Å². The van der Waals surface area contributed by atoms with Gasteiger partial charge in [-0.2, -0.15) is 0 Å². The summed E-state index contributed by atoms with van der Waals surface area (Å²) < 4.78 is 0. The van der Waals surface area contributed by atoms with Gasteiger partial charge in [-0.05, 0) is 61.2 Å². The van der Waals surface area contributed by atoms with Gasteiger partial charge in [0.2, 0.25) is 0 Å². The maximum atomic E-state index is 5.11. The molecule has 0 bridgehead atoms. The van der Waals surface area contributed by atoms with Crippen molar-refractivity contribution in [1.29, 1.82) is 0 Å². The number of aromatic nitrogens is 3. The SMILES string of the molecule is C=Cc1ccc(-c2ccc(-c3nc(-c4ccc(-c5ccc(-c6ccccc6)cc5)cc4)nc(C4C=CC=C(c5ccc(-c6ccccc6)cc5)C=C4)n3)cc2)cc1. The highest BCUT2D eigenvalue weighted by atomic mass is 15.0. The van der Waals surface area contributed by atoms with E-state index in [1.54, 1.807) is 0 Å². The van der Waals surface area contributed by atoms with Gasteiger partial charge in [-0.1, -0.05) is 225 Å². The molecule has 1 atom stereocenters. The van der Waals surface area contributed by atoms with Crippen molar-refractivity contribution in [3.63, 3.8) is 0 Å². The highest BCUT2D eigenvalue weighted by Crippen LogP contribution is 2.32. The molecule has 0 N–H and O–H groups in total. The molecular weight excluding hydrogens is 691 g/mol. The molecule has 1 aliphatic carbocycles. The first-order chi connectivity index (χ1) is 28.2. The van der Waals surface area contributed by atoms with Crippen LogP contribution in [-0.4, -0.2) is 15.0 Å². The Morgan fingerprint density at radius 2 is 0.737 bits per heavy atom. The molecule has 0 radical (unpaired) electrons. The van der Waals surface area contributed by atoms with E-state index in [4.69, 9.17) is 15.0 Å². The number of nitrogens with zero attached hydrogens (tertiary/aromatic N) is 3. The number of hydrogen-bond donors (Lipinski definition) is 0. The van der Waals surface area contributed by atoms with Crippen molar-refractivity contribution in [2.75, 3.05) is 0 Å². The predicted octanol–water partition coefficient (Wildman–Crippen LogP) is 13.8. The fourth-order valence-electron chi connectivity index (χ4n) is 7.18. The predicted molar refractivity (Wildman–Crippen MR) is 238 cm³/mol. The van der Waals surface area contributed by atoms with Crippen molar-refractivity contribution in [2.24, 2.45) is 0 Å². The summed E-state index contributed by atoms with van der Waals surface area (Å²) >= 11 is 0. The largest absolute Gasteiger partial charge is 0.212 e. The Balaban J connectivity index is 1.02. The van der Waals surface area contributed by atoms with E-state index in [9.17, 15) is 0 Å². The zero-order valence-corrected chi connectivity index (χ0v) is 31.4. The molecule has 1 unspecified atom stereocenters. The summed E-state index contributed by atoms with van der Waals surface area (Å²) in [5, 5.41) is 0. The Kier molecular flexibility index (Phi) is 9.94. The van der Waals surface area contributed by atoms with Gasteiger partial charge in [0, 0.05) is 11.1 Å². The standard InChI is InChI=1S/C54H39N3/c1-2-38-16-18-42(19-17-38)47-29-34-50(35-30-47)53-55-52(49-15-9-14-41(28-33-49)45-24-20-43(21-25-45)39-10-5-3-6-11-39)56-54(57-53)51-36-31-48(32-37-51)46-26-22-44(23-27-46)40-12-7-4-8-13-40/h2-37,49H,1H2. The summed E-state index contributed by atoms with van der Waals surface area (Å²) in [6.45, 7) is 3.88. The van der Waals surface area contributed by atoms with Gasteiger partial charge in [-0.15, -0.1) is 0 Å². The minimum atomic E-state index is -0.145. The van der Waals surface area contributed by atoms with Crippen LogP contribution in [0.5, 0.6) is 0 Å². The average Bonchev–Trinajstić information content (AvgIpc) is 3.57. The van der Waals surface area contributed by atoms with Gasteiger partial charge in [0.05, 0.1) is 5.92 Å². The van der Waals surface area contributed by atoms with Crippen molar-refractivity contribution in [3.8, 4) is 67.3 Å². The molecular formula is C54H39N3. The Labute approximate surface area is 334 Å². The second-order valence-electron chi connectivity index (χ2n) is 14.1.